The zero-order chi connectivity index (χ0) is 21.1. The van der Waals surface area contributed by atoms with Crippen molar-refractivity contribution in [2.75, 3.05) is 11.1 Å². The Hall–Kier alpha value is -2.58. The van der Waals surface area contributed by atoms with Gasteiger partial charge in [-0.15, -0.1) is 11.8 Å². The van der Waals surface area contributed by atoms with Crippen LogP contribution < -0.4 is 10.9 Å². The van der Waals surface area contributed by atoms with E-state index in [1.165, 1.54) is 36.0 Å². The maximum atomic E-state index is 13.2. The molecule has 1 atom stereocenters. The van der Waals surface area contributed by atoms with E-state index in [0.717, 1.165) is 17.7 Å². The molecule has 1 aromatic heterocycles. The first-order valence-electron chi connectivity index (χ1n) is 9.52. The molecule has 0 bridgehead atoms. The molecule has 0 saturated heterocycles. The summed E-state index contributed by atoms with van der Waals surface area (Å²) in [7, 11) is 0. The topological polar surface area (TPSA) is 64.0 Å². The number of rotatable bonds is 6. The van der Waals surface area contributed by atoms with Crippen LogP contribution >= 0.6 is 23.5 Å². The number of hydrogen-bond donors (Lipinski definition) is 1. The van der Waals surface area contributed by atoms with Crippen LogP contribution in [0.25, 0.3) is 0 Å². The van der Waals surface area contributed by atoms with Gasteiger partial charge in [0.1, 0.15) is 5.82 Å². The first-order chi connectivity index (χ1) is 14.5. The van der Waals surface area contributed by atoms with E-state index in [9.17, 15) is 14.0 Å². The molecule has 2 heterocycles. The number of halogens is 1. The molecule has 0 fully saturated rings. The number of fused-ring (bicyclic) bond motifs is 1. The van der Waals surface area contributed by atoms with Gasteiger partial charge in [-0.25, -0.2) is 9.37 Å². The maximum Gasteiger partial charge on any atom is 0.268 e. The summed E-state index contributed by atoms with van der Waals surface area (Å²) in [6, 6.07) is 15.3. The van der Waals surface area contributed by atoms with E-state index < -0.39 is 0 Å². The monoisotopic (exact) mass is 441 g/mol. The molecule has 5 nitrogen and oxygen atoms in total. The lowest BCUT2D eigenvalue weighted by atomic mass is 10.2. The highest BCUT2D eigenvalue weighted by Crippen LogP contribution is 2.34. The molecule has 1 N–H and O–H groups in total. The molecule has 1 aliphatic rings. The summed E-state index contributed by atoms with van der Waals surface area (Å²) in [6.07, 6.45) is 0.747. The number of thioether (sulfide) groups is 2. The SMILES string of the molecule is C[C@@H]1Cc2nc(SCC(=O)Nc3ccc(F)cc3)n(Cc3ccccc3)c(=O)c2S1. The molecule has 2 aromatic carbocycles. The lowest BCUT2D eigenvalue weighted by Crippen LogP contribution is -2.26. The largest absolute Gasteiger partial charge is 0.325 e. The van der Waals surface area contributed by atoms with E-state index in [4.69, 9.17) is 4.98 Å². The van der Waals surface area contributed by atoms with Gasteiger partial charge in [-0.2, -0.15) is 0 Å². The molecule has 0 saturated carbocycles. The first-order valence-corrected chi connectivity index (χ1v) is 11.4. The third kappa shape index (κ3) is 4.76. The maximum absolute atomic E-state index is 13.2. The smallest absolute Gasteiger partial charge is 0.268 e. The van der Waals surface area contributed by atoms with Crippen LogP contribution in [0.3, 0.4) is 0 Å². The minimum absolute atomic E-state index is 0.0559. The highest BCUT2D eigenvalue weighted by Gasteiger charge is 2.26. The van der Waals surface area contributed by atoms with Crippen LogP contribution in [-0.2, 0) is 17.8 Å². The zero-order valence-corrected chi connectivity index (χ0v) is 17.9. The quantitative estimate of drug-likeness (QED) is 0.459. The number of carbonyl (C=O) groups is 1. The van der Waals surface area contributed by atoms with Crippen molar-refractivity contribution in [2.24, 2.45) is 0 Å². The van der Waals surface area contributed by atoms with Crippen LogP contribution in [0.5, 0.6) is 0 Å². The van der Waals surface area contributed by atoms with Crippen molar-refractivity contribution < 1.29 is 9.18 Å². The van der Waals surface area contributed by atoms with Crippen molar-refractivity contribution in [1.29, 1.82) is 0 Å². The van der Waals surface area contributed by atoms with Gasteiger partial charge in [-0.05, 0) is 29.8 Å². The predicted molar refractivity (Wildman–Crippen MR) is 119 cm³/mol. The Bertz CT molecular complexity index is 1120. The van der Waals surface area contributed by atoms with Crippen molar-refractivity contribution >= 4 is 35.1 Å². The summed E-state index contributed by atoms with van der Waals surface area (Å²) in [6.45, 7) is 2.48. The Morgan fingerprint density at radius 3 is 2.70 bits per heavy atom. The molecule has 154 valence electrons. The summed E-state index contributed by atoms with van der Waals surface area (Å²) in [5.41, 5.74) is 2.27. The number of hydrogen-bond acceptors (Lipinski definition) is 5. The van der Waals surface area contributed by atoms with Crippen LogP contribution in [0.1, 0.15) is 18.2 Å². The molecule has 8 heteroatoms. The minimum atomic E-state index is -0.359. The number of nitrogens with one attached hydrogen (secondary N) is 1. The minimum Gasteiger partial charge on any atom is -0.325 e. The second-order valence-corrected chi connectivity index (χ2v) is 9.41. The molecule has 0 radical (unpaired) electrons. The van der Waals surface area contributed by atoms with Crippen LogP contribution in [0.4, 0.5) is 10.1 Å². The lowest BCUT2D eigenvalue weighted by Gasteiger charge is -2.14. The Balaban J connectivity index is 1.56. The molecule has 4 rings (SSSR count). The van der Waals surface area contributed by atoms with Gasteiger partial charge in [0, 0.05) is 17.4 Å². The van der Waals surface area contributed by atoms with Gasteiger partial charge >= 0.3 is 0 Å². The van der Waals surface area contributed by atoms with Crippen LogP contribution in [0, 0.1) is 5.82 Å². The number of anilines is 1. The summed E-state index contributed by atoms with van der Waals surface area (Å²) in [5, 5.41) is 3.58. The molecule has 3 aromatic rings. The Labute approximate surface area is 182 Å². The molecule has 0 unspecified atom stereocenters. The average Bonchev–Trinajstić information content (AvgIpc) is 3.12. The summed E-state index contributed by atoms with van der Waals surface area (Å²) in [5.74, 6) is -0.503. The molecule has 1 aliphatic heterocycles. The number of carbonyl (C=O) groups excluding carboxylic acids is 1. The Morgan fingerprint density at radius 1 is 1.23 bits per heavy atom. The zero-order valence-electron chi connectivity index (χ0n) is 16.3. The summed E-state index contributed by atoms with van der Waals surface area (Å²) in [4.78, 5) is 31.0. The second-order valence-electron chi connectivity index (χ2n) is 7.02. The van der Waals surface area contributed by atoms with Gasteiger partial charge in [0.15, 0.2) is 5.16 Å². The van der Waals surface area contributed by atoms with E-state index in [-0.39, 0.29) is 23.0 Å². The fraction of sp³-hybridized carbons (Fsp3) is 0.227. The standard InChI is InChI=1S/C22H20FN3O2S2/c1-14-11-18-20(30-14)21(28)26(12-15-5-3-2-4-6-15)22(25-18)29-13-19(27)24-17-9-7-16(23)8-10-17/h2-10,14H,11-13H2,1H3,(H,24,27)/t14-/m1/s1. The van der Waals surface area contributed by atoms with Gasteiger partial charge in [-0.1, -0.05) is 49.0 Å². The van der Waals surface area contributed by atoms with E-state index in [1.54, 1.807) is 16.3 Å². The van der Waals surface area contributed by atoms with E-state index in [0.29, 0.717) is 27.5 Å². The predicted octanol–water partition coefficient (Wildman–Crippen LogP) is 4.20. The van der Waals surface area contributed by atoms with Crippen LogP contribution in [0.15, 0.2) is 69.4 Å². The normalized spacial score (nSPS) is 15.1. The van der Waals surface area contributed by atoms with Gasteiger partial charge in [0.05, 0.1) is 22.9 Å². The van der Waals surface area contributed by atoms with Crippen molar-refractivity contribution in [3.05, 3.63) is 82.0 Å². The first kappa shape index (κ1) is 20.7. The third-order valence-electron chi connectivity index (χ3n) is 4.61. The van der Waals surface area contributed by atoms with Gasteiger partial charge in [-0.3, -0.25) is 14.2 Å². The van der Waals surface area contributed by atoms with Crippen LogP contribution in [0.2, 0.25) is 0 Å². The highest BCUT2D eigenvalue weighted by molar-refractivity contribution is 8.00. The Kier molecular flexibility index (Phi) is 6.24. The molecule has 0 spiro atoms. The van der Waals surface area contributed by atoms with E-state index >= 15 is 0 Å². The van der Waals surface area contributed by atoms with Crippen molar-refractivity contribution in [2.45, 2.75) is 35.2 Å². The van der Waals surface area contributed by atoms with E-state index in [1.807, 2.05) is 30.3 Å². The van der Waals surface area contributed by atoms with Gasteiger partial charge in [0.2, 0.25) is 5.91 Å². The van der Waals surface area contributed by atoms with Gasteiger partial charge in [0.25, 0.3) is 5.56 Å². The van der Waals surface area contributed by atoms with Crippen LogP contribution in [-0.4, -0.2) is 26.5 Å². The third-order valence-corrected chi connectivity index (χ3v) is 6.80. The summed E-state index contributed by atoms with van der Waals surface area (Å²) >= 11 is 2.80. The molecule has 1 amide bonds. The number of aromatic nitrogens is 2. The fourth-order valence-electron chi connectivity index (χ4n) is 3.21. The molecule has 30 heavy (non-hydrogen) atoms. The lowest BCUT2D eigenvalue weighted by molar-refractivity contribution is -0.113. The number of nitrogens with zero attached hydrogens (tertiary/aromatic N) is 2. The molecular formula is C22H20FN3O2S2. The second kappa shape index (κ2) is 9.06. The number of amides is 1. The highest BCUT2D eigenvalue weighted by atomic mass is 32.2. The Morgan fingerprint density at radius 2 is 1.97 bits per heavy atom. The fourth-order valence-corrected chi connectivity index (χ4v) is 5.14. The molecular weight excluding hydrogens is 421 g/mol. The summed E-state index contributed by atoms with van der Waals surface area (Å²) < 4.78 is 14.7. The average molecular weight is 442 g/mol. The van der Waals surface area contributed by atoms with Crippen molar-refractivity contribution in [3.8, 4) is 0 Å². The van der Waals surface area contributed by atoms with Gasteiger partial charge < -0.3 is 5.32 Å². The van der Waals surface area contributed by atoms with Crippen molar-refractivity contribution in [1.82, 2.24) is 9.55 Å². The van der Waals surface area contributed by atoms with Crippen molar-refractivity contribution in [3.63, 3.8) is 0 Å². The molecule has 0 aliphatic carbocycles. The number of benzene rings is 2. The van der Waals surface area contributed by atoms with E-state index in [2.05, 4.69) is 12.2 Å².